The summed E-state index contributed by atoms with van der Waals surface area (Å²) in [6.45, 7) is 8.74. The van der Waals surface area contributed by atoms with Crippen molar-refractivity contribution in [3.05, 3.63) is 76.7 Å². The lowest BCUT2D eigenvalue weighted by molar-refractivity contribution is -0.145. The molecule has 0 saturated carbocycles. The van der Waals surface area contributed by atoms with Crippen molar-refractivity contribution in [3.63, 3.8) is 0 Å². The molecule has 0 spiro atoms. The Bertz CT molecular complexity index is 1180. The monoisotopic (exact) mass is 518 g/mol. The van der Waals surface area contributed by atoms with E-state index in [0.29, 0.717) is 25.6 Å². The number of carbonyl (C=O) groups excluding carboxylic acids is 2. The van der Waals surface area contributed by atoms with Crippen LogP contribution in [0.4, 0.5) is 5.69 Å². The molecule has 3 aromatic rings. The number of likely N-dealkylation sites (N-methyl/N-ethyl adjacent to an activating group) is 1. The fraction of sp³-hybridized carbons (Fsp3) is 0.400. The smallest absolute Gasteiger partial charge is 0.256 e. The Hall–Kier alpha value is -3.16. The molecule has 37 heavy (non-hydrogen) atoms. The van der Waals surface area contributed by atoms with Gasteiger partial charge in [0.05, 0.1) is 13.1 Å². The molecular weight excluding hydrogens is 480 g/mol. The third-order valence-electron chi connectivity index (χ3n) is 6.91. The second-order valence-corrected chi connectivity index (χ2v) is 11.2. The van der Waals surface area contributed by atoms with Gasteiger partial charge >= 0.3 is 0 Å². The molecule has 0 radical (unpaired) electrons. The molecule has 1 aromatic heterocycles. The number of rotatable bonds is 11. The first-order valence-electron chi connectivity index (χ1n) is 13.1. The van der Waals surface area contributed by atoms with Crippen molar-refractivity contribution in [2.45, 2.75) is 46.7 Å². The van der Waals surface area contributed by atoms with E-state index < -0.39 is 0 Å². The van der Waals surface area contributed by atoms with Crippen molar-refractivity contribution in [1.29, 1.82) is 0 Å². The van der Waals surface area contributed by atoms with Gasteiger partial charge in [0, 0.05) is 37.2 Å². The molecule has 1 aliphatic rings. The zero-order valence-corrected chi connectivity index (χ0v) is 23.2. The maximum absolute atomic E-state index is 13.5. The summed E-state index contributed by atoms with van der Waals surface area (Å²) in [7, 11) is 1.83. The van der Waals surface area contributed by atoms with Crippen LogP contribution < -0.4 is 10.2 Å². The summed E-state index contributed by atoms with van der Waals surface area (Å²) >= 11 is 1.68. The molecule has 0 unspecified atom stereocenters. The lowest BCUT2D eigenvalue weighted by Gasteiger charge is -2.32. The van der Waals surface area contributed by atoms with E-state index in [4.69, 9.17) is 0 Å². The molecular formula is C30H38N4O2S. The van der Waals surface area contributed by atoms with Crippen molar-refractivity contribution < 1.29 is 9.59 Å². The van der Waals surface area contributed by atoms with Crippen molar-refractivity contribution in [3.8, 4) is 10.4 Å². The molecule has 6 nitrogen and oxygen atoms in total. The van der Waals surface area contributed by atoms with Crippen LogP contribution in [0, 0.1) is 12.8 Å². The minimum atomic E-state index is -0.0614. The Morgan fingerprint density at radius 2 is 1.76 bits per heavy atom. The Balaban J connectivity index is 1.50. The van der Waals surface area contributed by atoms with Gasteiger partial charge in [-0.05, 0) is 65.4 Å². The van der Waals surface area contributed by atoms with Crippen LogP contribution in [0.2, 0.25) is 0 Å². The highest BCUT2D eigenvalue weighted by atomic mass is 32.1. The molecule has 1 aliphatic heterocycles. The molecule has 0 saturated heterocycles. The largest absolute Gasteiger partial charge is 0.355 e. The van der Waals surface area contributed by atoms with E-state index in [1.807, 2.05) is 37.1 Å². The van der Waals surface area contributed by atoms with Crippen LogP contribution in [0.5, 0.6) is 0 Å². The first kappa shape index (κ1) is 26.9. The highest BCUT2D eigenvalue weighted by molar-refractivity contribution is 7.13. The van der Waals surface area contributed by atoms with Gasteiger partial charge in [-0.1, -0.05) is 56.3 Å². The molecule has 4 rings (SSSR count). The third-order valence-corrected chi connectivity index (χ3v) is 7.82. The first-order valence-corrected chi connectivity index (χ1v) is 13.9. The lowest BCUT2D eigenvalue weighted by atomic mass is 10.1. The number of nitrogens with zero attached hydrogens (tertiary/aromatic N) is 3. The van der Waals surface area contributed by atoms with Gasteiger partial charge in [0.2, 0.25) is 5.91 Å². The quantitative estimate of drug-likeness (QED) is 0.342. The van der Waals surface area contributed by atoms with Gasteiger partial charge in [0.25, 0.3) is 5.91 Å². The number of hydrogen-bond acceptors (Lipinski definition) is 5. The van der Waals surface area contributed by atoms with E-state index in [1.54, 1.807) is 16.3 Å². The normalized spacial score (nSPS) is 13.0. The van der Waals surface area contributed by atoms with Gasteiger partial charge < -0.3 is 10.2 Å². The number of hydrogen-bond donors (Lipinski definition) is 1. The zero-order valence-electron chi connectivity index (χ0n) is 22.4. The Kier molecular flexibility index (Phi) is 9.00. The fourth-order valence-electron chi connectivity index (χ4n) is 4.69. The summed E-state index contributed by atoms with van der Waals surface area (Å²) in [6.07, 6.45) is 2.03. The molecule has 7 heteroatoms. The number of carbonyl (C=O) groups is 2. The highest BCUT2D eigenvalue weighted by Crippen LogP contribution is 2.31. The molecule has 2 aromatic carbocycles. The SMILES string of the molecule is Cc1ccc(-c2cccs2)cc1N(CC(=O)NCCCC(C)C)CC(=O)N(C)N1Cc2ccccc2C1. The van der Waals surface area contributed by atoms with Gasteiger partial charge in [-0.2, -0.15) is 0 Å². The summed E-state index contributed by atoms with van der Waals surface area (Å²) in [5.41, 5.74) is 5.54. The molecule has 0 bridgehead atoms. The summed E-state index contributed by atoms with van der Waals surface area (Å²) < 4.78 is 0. The van der Waals surface area contributed by atoms with Gasteiger partial charge in [0.15, 0.2) is 0 Å². The van der Waals surface area contributed by atoms with Crippen LogP contribution in [0.15, 0.2) is 60.0 Å². The lowest BCUT2D eigenvalue weighted by Crippen LogP contribution is -2.48. The van der Waals surface area contributed by atoms with Crippen molar-refractivity contribution in [1.82, 2.24) is 15.3 Å². The average Bonchev–Trinajstić information content (AvgIpc) is 3.56. The van der Waals surface area contributed by atoms with E-state index in [0.717, 1.165) is 34.5 Å². The zero-order chi connectivity index (χ0) is 26.4. The minimum absolute atomic E-state index is 0.0404. The molecule has 1 N–H and O–H groups in total. The third kappa shape index (κ3) is 6.99. The maximum Gasteiger partial charge on any atom is 0.256 e. The first-order chi connectivity index (χ1) is 17.8. The highest BCUT2D eigenvalue weighted by Gasteiger charge is 2.27. The molecule has 0 aliphatic carbocycles. The van der Waals surface area contributed by atoms with Crippen molar-refractivity contribution in [2.24, 2.45) is 5.92 Å². The van der Waals surface area contributed by atoms with E-state index in [1.165, 1.54) is 11.1 Å². The maximum atomic E-state index is 13.5. The average molecular weight is 519 g/mol. The summed E-state index contributed by atoms with van der Waals surface area (Å²) in [5, 5.41) is 8.89. The molecule has 2 heterocycles. The number of benzene rings is 2. The number of anilines is 1. The van der Waals surface area contributed by atoms with Crippen LogP contribution in [0.3, 0.4) is 0 Å². The van der Waals surface area contributed by atoms with E-state index in [9.17, 15) is 9.59 Å². The number of thiophene rings is 1. The number of fused-ring (bicyclic) bond motifs is 1. The van der Waals surface area contributed by atoms with Crippen molar-refractivity contribution >= 4 is 28.8 Å². The van der Waals surface area contributed by atoms with Gasteiger partial charge in [-0.3, -0.25) is 14.6 Å². The Labute approximate surface area is 224 Å². The fourth-order valence-corrected chi connectivity index (χ4v) is 5.41. The van der Waals surface area contributed by atoms with Crippen LogP contribution in [0.1, 0.15) is 43.4 Å². The summed E-state index contributed by atoms with van der Waals surface area (Å²) in [6, 6.07) is 18.7. The standard InChI is InChI=1S/C30H38N4O2S/c1-22(2)9-7-15-31-29(35)20-33(27-17-24(14-13-23(27)3)28-12-8-16-37-28)21-30(36)32(4)34-18-25-10-5-6-11-26(25)19-34/h5-6,8,10-14,16-17,22H,7,9,15,18-21H2,1-4H3,(H,31,35). The van der Waals surface area contributed by atoms with Gasteiger partial charge in [0.1, 0.15) is 0 Å². The topological polar surface area (TPSA) is 55.9 Å². The minimum Gasteiger partial charge on any atom is -0.355 e. The predicted molar refractivity (Wildman–Crippen MR) is 152 cm³/mol. The summed E-state index contributed by atoms with van der Waals surface area (Å²) in [5.74, 6) is 0.510. The van der Waals surface area contributed by atoms with Crippen LogP contribution in [-0.2, 0) is 22.7 Å². The predicted octanol–water partition coefficient (Wildman–Crippen LogP) is 5.47. The Morgan fingerprint density at radius 1 is 1.03 bits per heavy atom. The van der Waals surface area contributed by atoms with Crippen molar-refractivity contribution in [2.75, 3.05) is 31.6 Å². The molecule has 2 amide bonds. The number of amides is 2. The van der Waals surface area contributed by atoms with Gasteiger partial charge in [-0.25, -0.2) is 5.01 Å². The van der Waals surface area contributed by atoms with Gasteiger partial charge in [-0.15, -0.1) is 11.3 Å². The van der Waals surface area contributed by atoms with Crippen LogP contribution in [0.25, 0.3) is 10.4 Å². The van der Waals surface area contributed by atoms with E-state index >= 15 is 0 Å². The van der Waals surface area contributed by atoms with E-state index in [-0.39, 0.29) is 24.9 Å². The summed E-state index contributed by atoms with van der Waals surface area (Å²) in [4.78, 5) is 29.6. The number of hydrazine groups is 1. The van der Waals surface area contributed by atoms with E-state index in [2.05, 4.69) is 66.0 Å². The van der Waals surface area contributed by atoms with Crippen LogP contribution in [-0.4, -0.2) is 48.5 Å². The molecule has 196 valence electrons. The van der Waals surface area contributed by atoms with Crippen LogP contribution >= 0.6 is 11.3 Å². The number of aryl methyl sites for hydroxylation is 1. The number of nitrogens with one attached hydrogen (secondary N) is 1. The second kappa shape index (κ2) is 12.4. The second-order valence-electron chi connectivity index (χ2n) is 10.2. The molecule has 0 atom stereocenters. The molecule has 0 fully saturated rings. The Morgan fingerprint density at radius 3 is 2.41 bits per heavy atom.